The van der Waals surface area contributed by atoms with Crippen LogP contribution in [0.2, 0.25) is 0 Å². The van der Waals surface area contributed by atoms with Crippen molar-refractivity contribution in [1.29, 1.82) is 0 Å². The van der Waals surface area contributed by atoms with E-state index in [1.54, 1.807) is 52.3 Å². The van der Waals surface area contributed by atoms with E-state index in [0.717, 1.165) is 0 Å². The molecule has 0 unspecified atom stereocenters. The van der Waals surface area contributed by atoms with Gasteiger partial charge >= 0.3 is 0 Å². The molecule has 2 aromatic rings. The molecular weight excluding hydrogens is 386 g/mol. The molecule has 3 amide bonds. The van der Waals surface area contributed by atoms with Gasteiger partial charge in [0.25, 0.3) is 11.8 Å². The molecular formula is C22H25N3O5. The second-order valence-corrected chi connectivity index (χ2v) is 6.95. The number of carbonyl (C=O) groups excluding carboxylic acids is 3. The predicted molar refractivity (Wildman–Crippen MR) is 112 cm³/mol. The molecule has 0 bridgehead atoms. The van der Waals surface area contributed by atoms with E-state index in [0.29, 0.717) is 54.5 Å². The zero-order chi connectivity index (χ0) is 21.7. The molecule has 0 spiro atoms. The van der Waals surface area contributed by atoms with Gasteiger partial charge in [0.05, 0.1) is 14.2 Å². The van der Waals surface area contributed by atoms with Crippen LogP contribution in [-0.2, 0) is 4.79 Å². The van der Waals surface area contributed by atoms with Gasteiger partial charge < -0.3 is 24.6 Å². The van der Waals surface area contributed by atoms with E-state index < -0.39 is 0 Å². The monoisotopic (exact) mass is 411 g/mol. The fourth-order valence-electron chi connectivity index (χ4n) is 3.34. The molecule has 158 valence electrons. The fourth-order valence-corrected chi connectivity index (χ4v) is 3.34. The van der Waals surface area contributed by atoms with Gasteiger partial charge in [-0.05, 0) is 30.3 Å². The predicted octanol–water partition coefficient (Wildman–Crippen LogP) is 2.26. The highest BCUT2D eigenvalue weighted by atomic mass is 16.5. The van der Waals surface area contributed by atoms with Crippen molar-refractivity contribution in [1.82, 2.24) is 9.80 Å². The van der Waals surface area contributed by atoms with Gasteiger partial charge in [0.15, 0.2) is 0 Å². The molecule has 1 heterocycles. The summed E-state index contributed by atoms with van der Waals surface area (Å²) in [5.41, 5.74) is 1.56. The number of piperazine rings is 1. The van der Waals surface area contributed by atoms with Crippen molar-refractivity contribution in [3.05, 3.63) is 53.6 Å². The highest BCUT2D eigenvalue weighted by Crippen LogP contribution is 2.24. The summed E-state index contributed by atoms with van der Waals surface area (Å²) < 4.78 is 10.5. The zero-order valence-electron chi connectivity index (χ0n) is 17.3. The Kier molecular flexibility index (Phi) is 6.56. The third-order valence-corrected chi connectivity index (χ3v) is 4.88. The normalized spacial score (nSPS) is 13.6. The van der Waals surface area contributed by atoms with Gasteiger partial charge in [0, 0.05) is 56.0 Å². The molecule has 8 heteroatoms. The van der Waals surface area contributed by atoms with Gasteiger partial charge in [-0.15, -0.1) is 0 Å². The van der Waals surface area contributed by atoms with Crippen LogP contribution in [0.15, 0.2) is 42.5 Å². The third kappa shape index (κ3) is 4.89. The Morgan fingerprint density at radius 1 is 0.800 bits per heavy atom. The van der Waals surface area contributed by atoms with Crippen molar-refractivity contribution in [2.45, 2.75) is 6.92 Å². The average Bonchev–Trinajstić information content (AvgIpc) is 2.77. The standard InChI is InChI=1S/C22H25N3O5/c1-15(26)23-18-6-4-5-16(11-18)21(27)24-7-9-25(10-8-24)22(28)17-12-19(29-2)14-20(13-17)30-3/h4-6,11-14H,7-10H2,1-3H3,(H,23,26). The van der Waals surface area contributed by atoms with Crippen LogP contribution in [0.5, 0.6) is 11.5 Å². The second-order valence-electron chi connectivity index (χ2n) is 6.95. The lowest BCUT2D eigenvalue weighted by Crippen LogP contribution is -2.50. The van der Waals surface area contributed by atoms with E-state index >= 15 is 0 Å². The van der Waals surface area contributed by atoms with Gasteiger partial charge in [-0.3, -0.25) is 14.4 Å². The Hall–Kier alpha value is -3.55. The highest BCUT2D eigenvalue weighted by molar-refractivity contribution is 5.98. The van der Waals surface area contributed by atoms with E-state index in [-0.39, 0.29) is 17.7 Å². The molecule has 1 aliphatic heterocycles. The molecule has 1 aliphatic rings. The molecule has 1 fully saturated rings. The number of hydrogen-bond donors (Lipinski definition) is 1. The minimum Gasteiger partial charge on any atom is -0.497 e. The van der Waals surface area contributed by atoms with Gasteiger partial charge in [-0.1, -0.05) is 6.07 Å². The summed E-state index contributed by atoms with van der Waals surface area (Å²) in [4.78, 5) is 40.4. The lowest BCUT2D eigenvalue weighted by molar-refractivity contribution is -0.114. The smallest absolute Gasteiger partial charge is 0.254 e. The molecule has 0 aromatic heterocycles. The highest BCUT2D eigenvalue weighted by Gasteiger charge is 2.26. The van der Waals surface area contributed by atoms with Crippen LogP contribution in [0, 0.1) is 0 Å². The van der Waals surface area contributed by atoms with Crippen molar-refractivity contribution < 1.29 is 23.9 Å². The second kappa shape index (κ2) is 9.30. The average molecular weight is 411 g/mol. The number of anilines is 1. The van der Waals surface area contributed by atoms with Gasteiger partial charge in [0.1, 0.15) is 11.5 Å². The van der Waals surface area contributed by atoms with Crippen LogP contribution >= 0.6 is 0 Å². The summed E-state index contributed by atoms with van der Waals surface area (Å²) in [5, 5.41) is 2.68. The van der Waals surface area contributed by atoms with Crippen molar-refractivity contribution >= 4 is 23.4 Å². The number of nitrogens with one attached hydrogen (secondary N) is 1. The maximum atomic E-state index is 12.9. The largest absolute Gasteiger partial charge is 0.497 e. The first-order valence-corrected chi connectivity index (χ1v) is 9.60. The zero-order valence-corrected chi connectivity index (χ0v) is 17.3. The maximum Gasteiger partial charge on any atom is 0.254 e. The molecule has 1 saturated heterocycles. The minimum absolute atomic E-state index is 0.127. The van der Waals surface area contributed by atoms with Crippen molar-refractivity contribution in [2.75, 3.05) is 45.7 Å². The van der Waals surface area contributed by atoms with Crippen molar-refractivity contribution in [2.24, 2.45) is 0 Å². The Morgan fingerprint density at radius 3 is 1.83 bits per heavy atom. The van der Waals surface area contributed by atoms with Gasteiger partial charge in [-0.2, -0.15) is 0 Å². The van der Waals surface area contributed by atoms with E-state index in [9.17, 15) is 14.4 Å². The number of rotatable bonds is 5. The summed E-state index contributed by atoms with van der Waals surface area (Å²) in [6.45, 7) is 3.12. The van der Waals surface area contributed by atoms with E-state index in [1.165, 1.54) is 21.1 Å². The summed E-state index contributed by atoms with van der Waals surface area (Å²) in [7, 11) is 3.07. The van der Waals surface area contributed by atoms with Crippen molar-refractivity contribution in [3.8, 4) is 11.5 Å². The SMILES string of the molecule is COc1cc(OC)cc(C(=O)N2CCN(C(=O)c3cccc(NC(C)=O)c3)CC2)c1. The minimum atomic E-state index is -0.194. The lowest BCUT2D eigenvalue weighted by Gasteiger charge is -2.35. The van der Waals surface area contributed by atoms with Crippen LogP contribution in [0.1, 0.15) is 27.6 Å². The molecule has 8 nitrogen and oxygen atoms in total. The number of benzene rings is 2. The number of carbonyl (C=O) groups is 3. The Balaban J connectivity index is 1.65. The Morgan fingerprint density at radius 2 is 1.33 bits per heavy atom. The summed E-state index contributed by atoms with van der Waals surface area (Å²) in [6.07, 6.45) is 0. The van der Waals surface area contributed by atoms with E-state index in [4.69, 9.17) is 9.47 Å². The molecule has 3 rings (SSSR count). The number of ether oxygens (including phenoxy) is 2. The first-order valence-electron chi connectivity index (χ1n) is 9.60. The lowest BCUT2D eigenvalue weighted by atomic mass is 10.1. The molecule has 30 heavy (non-hydrogen) atoms. The van der Waals surface area contributed by atoms with Gasteiger partial charge in [-0.25, -0.2) is 0 Å². The van der Waals surface area contributed by atoms with Crippen LogP contribution in [-0.4, -0.2) is 67.9 Å². The fraction of sp³-hybridized carbons (Fsp3) is 0.318. The molecule has 0 saturated carbocycles. The number of nitrogens with zero attached hydrogens (tertiary/aromatic N) is 2. The van der Waals surface area contributed by atoms with Crippen LogP contribution in [0.4, 0.5) is 5.69 Å². The summed E-state index contributed by atoms with van der Waals surface area (Å²) >= 11 is 0. The van der Waals surface area contributed by atoms with Crippen LogP contribution in [0.25, 0.3) is 0 Å². The molecule has 0 aliphatic carbocycles. The van der Waals surface area contributed by atoms with E-state index in [1.807, 2.05) is 0 Å². The topological polar surface area (TPSA) is 88.2 Å². The van der Waals surface area contributed by atoms with Gasteiger partial charge in [0.2, 0.25) is 5.91 Å². The first-order chi connectivity index (χ1) is 14.4. The third-order valence-electron chi connectivity index (χ3n) is 4.88. The number of methoxy groups -OCH3 is 2. The Bertz CT molecular complexity index is 929. The quantitative estimate of drug-likeness (QED) is 0.815. The molecule has 0 atom stereocenters. The Labute approximate surface area is 175 Å². The molecule has 0 radical (unpaired) electrons. The van der Waals surface area contributed by atoms with Crippen molar-refractivity contribution in [3.63, 3.8) is 0 Å². The number of hydrogen-bond acceptors (Lipinski definition) is 5. The maximum absolute atomic E-state index is 12.9. The molecule has 1 N–H and O–H groups in total. The molecule has 2 aromatic carbocycles. The van der Waals surface area contributed by atoms with Crippen LogP contribution in [0.3, 0.4) is 0 Å². The summed E-state index contributed by atoms with van der Waals surface area (Å²) in [6, 6.07) is 11.9. The summed E-state index contributed by atoms with van der Waals surface area (Å²) in [5.74, 6) is 0.640. The first kappa shape index (κ1) is 21.2. The number of amides is 3. The van der Waals surface area contributed by atoms with Crippen LogP contribution < -0.4 is 14.8 Å². The van der Waals surface area contributed by atoms with E-state index in [2.05, 4.69) is 5.32 Å².